The molecule has 3 rings (SSSR count). The van der Waals surface area contributed by atoms with E-state index in [1.165, 1.54) is 10.8 Å². The highest BCUT2D eigenvalue weighted by Crippen LogP contribution is 2.20. The SMILES string of the molecule is Cc1nnn2ccc3ccccc3c12. The molecule has 3 nitrogen and oxygen atoms in total. The third-order valence-electron chi connectivity index (χ3n) is 2.47. The van der Waals surface area contributed by atoms with Gasteiger partial charge >= 0.3 is 0 Å². The van der Waals surface area contributed by atoms with Gasteiger partial charge in [-0.05, 0) is 18.4 Å². The van der Waals surface area contributed by atoms with E-state index < -0.39 is 0 Å². The molecule has 0 saturated carbocycles. The summed E-state index contributed by atoms with van der Waals surface area (Å²) < 4.78 is 1.82. The monoisotopic (exact) mass is 183 g/mol. The number of hydrogen-bond acceptors (Lipinski definition) is 2. The molecule has 1 aromatic carbocycles. The van der Waals surface area contributed by atoms with Gasteiger partial charge in [-0.1, -0.05) is 29.5 Å². The lowest BCUT2D eigenvalue weighted by molar-refractivity contribution is 0.851. The number of nitrogens with zero attached hydrogens (tertiary/aromatic N) is 3. The van der Waals surface area contributed by atoms with Gasteiger partial charge < -0.3 is 0 Å². The van der Waals surface area contributed by atoms with Gasteiger partial charge in [-0.15, -0.1) is 5.10 Å². The standard InChI is InChI=1S/C11H9N3/c1-8-11-10-5-3-2-4-9(10)6-7-14(11)13-12-8/h2-7H,1H3. The van der Waals surface area contributed by atoms with E-state index >= 15 is 0 Å². The van der Waals surface area contributed by atoms with Crippen LogP contribution in [0.5, 0.6) is 0 Å². The van der Waals surface area contributed by atoms with Crippen LogP contribution in [-0.4, -0.2) is 14.8 Å². The van der Waals surface area contributed by atoms with E-state index in [9.17, 15) is 0 Å². The van der Waals surface area contributed by atoms with Crippen LogP contribution >= 0.6 is 0 Å². The van der Waals surface area contributed by atoms with Crippen LogP contribution in [0.3, 0.4) is 0 Å². The van der Waals surface area contributed by atoms with Crippen molar-refractivity contribution in [1.82, 2.24) is 14.8 Å². The minimum absolute atomic E-state index is 0.974. The maximum absolute atomic E-state index is 4.06. The number of aryl methyl sites for hydroxylation is 1. The second kappa shape index (κ2) is 2.54. The molecule has 0 amide bonds. The van der Waals surface area contributed by atoms with Crippen molar-refractivity contribution >= 4 is 16.3 Å². The van der Waals surface area contributed by atoms with Gasteiger partial charge in [-0.2, -0.15) is 0 Å². The van der Waals surface area contributed by atoms with Gasteiger partial charge in [0.15, 0.2) is 0 Å². The van der Waals surface area contributed by atoms with Crippen LogP contribution in [0.4, 0.5) is 0 Å². The van der Waals surface area contributed by atoms with Gasteiger partial charge in [-0.25, -0.2) is 4.52 Å². The third-order valence-corrected chi connectivity index (χ3v) is 2.47. The van der Waals surface area contributed by atoms with E-state index in [4.69, 9.17) is 0 Å². The quantitative estimate of drug-likeness (QED) is 0.534. The zero-order chi connectivity index (χ0) is 9.54. The Labute approximate surface area is 81.0 Å². The molecule has 0 saturated heterocycles. The third kappa shape index (κ3) is 0.865. The van der Waals surface area contributed by atoms with Crippen molar-refractivity contribution in [3.63, 3.8) is 0 Å². The number of rotatable bonds is 0. The van der Waals surface area contributed by atoms with Crippen LogP contribution in [0.2, 0.25) is 0 Å². The van der Waals surface area contributed by atoms with Crippen LogP contribution in [-0.2, 0) is 0 Å². The Morgan fingerprint density at radius 2 is 2.00 bits per heavy atom. The van der Waals surface area contributed by atoms with Crippen LogP contribution in [0.15, 0.2) is 36.5 Å². The molecule has 14 heavy (non-hydrogen) atoms. The lowest BCUT2D eigenvalue weighted by Crippen LogP contribution is -1.86. The first-order chi connectivity index (χ1) is 6.86. The molecule has 0 atom stereocenters. The van der Waals surface area contributed by atoms with Crippen molar-refractivity contribution in [3.05, 3.63) is 42.2 Å². The highest BCUT2D eigenvalue weighted by molar-refractivity contribution is 5.96. The highest BCUT2D eigenvalue weighted by atomic mass is 15.4. The number of fused-ring (bicyclic) bond motifs is 3. The Hall–Kier alpha value is -1.90. The molecule has 2 aromatic heterocycles. The predicted molar refractivity (Wildman–Crippen MR) is 55.2 cm³/mol. The van der Waals surface area contributed by atoms with Gasteiger partial charge in [0.05, 0.1) is 11.2 Å². The van der Waals surface area contributed by atoms with Crippen LogP contribution < -0.4 is 0 Å². The summed E-state index contributed by atoms with van der Waals surface area (Å²) in [6, 6.07) is 10.3. The van der Waals surface area contributed by atoms with Gasteiger partial charge in [0.2, 0.25) is 0 Å². The molecule has 3 heteroatoms. The van der Waals surface area contributed by atoms with E-state index in [1.54, 1.807) is 0 Å². The minimum Gasteiger partial charge on any atom is -0.220 e. The molecule has 0 aliphatic heterocycles. The average molecular weight is 183 g/mol. The lowest BCUT2D eigenvalue weighted by Gasteiger charge is -1.99. The van der Waals surface area contributed by atoms with Crippen molar-refractivity contribution in [2.75, 3.05) is 0 Å². The zero-order valence-corrected chi connectivity index (χ0v) is 7.81. The number of aromatic nitrogens is 3. The van der Waals surface area contributed by atoms with E-state index in [2.05, 4.69) is 28.5 Å². The average Bonchev–Trinajstić information content (AvgIpc) is 2.61. The second-order valence-corrected chi connectivity index (χ2v) is 3.37. The first-order valence-electron chi connectivity index (χ1n) is 4.55. The van der Waals surface area contributed by atoms with E-state index in [0.717, 1.165) is 11.2 Å². The number of hydrogen-bond donors (Lipinski definition) is 0. The second-order valence-electron chi connectivity index (χ2n) is 3.37. The van der Waals surface area contributed by atoms with Crippen molar-refractivity contribution in [1.29, 1.82) is 0 Å². The molecule has 0 spiro atoms. The molecule has 0 N–H and O–H groups in total. The molecule has 0 aliphatic rings. The van der Waals surface area contributed by atoms with E-state index in [-0.39, 0.29) is 0 Å². The molecule has 68 valence electrons. The summed E-state index contributed by atoms with van der Waals surface area (Å²) in [5.41, 5.74) is 2.07. The normalized spacial score (nSPS) is 11.2. The van der Waals surface area contributed by atoms with Gasteiger partial charge in [0, 0.05) is 11.6 Å². The van der Waals surface area contributed by atoms with Crippen molar-refractivity contribution in [3.8, 4) is 0 Å². The van der Waals surface area contributed by atoms with Crippen molar-refractivity contribution in [2.24, 2.45) is 0 Å². The number of pyridine rings is 1. The maximum Gasteiger partial charge on any atom is 0.0972 e. The fraction of sp³-hybridized carbons (Fsp3) is 0.0909. The summed E-state index contributed by atoms with van der Waals surface area (Å²) in [7, 11) is 0. The topological polar surface area (TPSA) is 30.2 Å². The van der Waals surface area contributed by atoms with Crippen LogP contribution in [0, 0.1) is 6.92 Å². The summed E-state index contributed by atoms with van der Waals surface area (Å²) in [6.07, 6.45) is 1.94. The summed E-state index contributed by atoms with van der Waals surface area (Å²) in [5, 5.41) is 10.5. The molecule has 0 radical (unpaired) electrons. The van der Waals surface area contributed by atoms with Crippen LogP contribution in [0.1, 0.15) is 5.69 Å². The first kappa shape index (κ1) is 7.50. The van der Waals surface area contributed by atoms with Crippen molar-refractivity contribution in [2.45, 2.75) is 6.92 Å². The zero-order valence-electron chi connectivity index (χ0n) is 7.81. The Kier molecular flexibility index (Phi) is 1.36. The first-order valence-corrected chi connectivity index (χ1v) is 4.55. The Morgan fingerprint density at radius 1 is 1.14 bits per heavy atom. The molecular formula is C11H9N3. The van der Waals surface area contributed by atoms with Crippen molar-refractivity contribution < 1.29 is 0 Å². The summed E-state index contributed by atoms with van der Waals surface area (Å²) in [5.74, 6) is 0. The Morgan fingerprint density at radius 3 is 2.93 bits per heavy atom. The lowest BCUT2D eigenvalue weighted by atomic mass is 10.1. The summed E-state index contributed by atoms with van der Waals surface area (Å²) in [6.45, 7) is 1.98. The van der Waals surface area contributed by atoms with Crippen LogP contribution in [0.25, 0.3) is 16.3 Å². The molecule has 3 aromatic rings. The van der Waals surface area contributed by atoms with Gasteiger partial charge in [0.1, 0.15) is 0 Å². The fourth-order valence-corrected chi connectivity index (χ4v) is 1.80. The molecule has 0 fully saturated rings. The number of benzene rings is 1. The molecule has 2 heterocycles. The Balaban J connectivity index is 2.65. The maximum atomic E-state index is 4.06. The Bertz CT molecular complexity index is 610. The fourth-order valence-electron chi connectivity index (χ4n) is 1.80. The molecular weight excluding hydrogens is 174 g/mol. The largest absolute Gasteiger partial charge is 0.220 e. The van der Waals surface area contributed by atoms with E-state index in [1.807, 2.05) is 29.8 Å². The molecule has 0 bridgehead atoms. The smallest absolute Gasteiger partial charge is 0.0972 e. The predicted octanol–water partition coefficient (Wildman–Crippen LogP) is 2.19. The van der Waals surface area contributed by atoms with Gasteiger partial charge in [0.25, 0.3) is 0 Å². The summed E-state index contributed by atoms with van der Waals surface area (Å²) in [4.78, 5) is 0. The summed E-state index contributed by atoms with van der Waals surface area (Å²) >= 11 is 0. The van der Waals surface area contributed by atoms with E-state index in [0.29, 0.717) is 0 Å². The highest BCUT2D eigenvalue weighted by Gasteiger charge is 2.04. The van der Waals surface area contributed by atoms with Gasteiger partial charge in [-0.3, -0.25) is 0 Å². The molecule has 0 unspecified atom stereocenters. The molecule has 0 aliphatic carbocycles. The minimum atomic E-state index is 0.974.